The molecule has 1 aromatic heterocycles. The van der Waals surface area contributed by atoms with Crippen molar-refractivity contribution >= 4 is 49.6 Å². The number of aromatic nitrogens is 1. The number of anilines is 3. The van der Waals surface area contributed by atoms with E-state index in [0.717, 1.165) is 17.8 Å². The maximum Gasteiger partial charge on any atom is 0.0547 e. The third kappa shape index (κ3) is 5.53. The van der Waals surface area contributed by atoms with Gasteiger partial charge >= 0.3 is 0 Å². The summed E-state index contributed by atoms with van der Waals surface area (Å²) < 4.78 is 2.44. The molecule has 4 fully saturated rings. The quantitative estimate of drug-likeness (QED) is 0.158. The number of rotatable bonds is 7. The summed E-state index contributed by atoms with van der Waals surface area (Å²) in [5.41, 5.74) is 14.0. The summed E-state index contributed by atoms with van der Waals surface area (Å²) >= 11 is 0. The van der Waals surface area contributed by atoms with Crippen molar-refractivity contribution in [1.29, 1.82) is 0 Å². The van der Waals surface area contributed by atoms with Gasteiger partial charge in [0.2, 0.25) is 0 Å². The molecule has 13 rings (SSSR count). The minimum absolute atomic E-state index is 0.339. The molecule has 0 saturated heterocycles. The minimum atomic E-state index is 0.339. The van der Waals surface area contributed by atoms with Crippen LogP contribution in [0.2, 0.25) is 0 Å². The third-order valence-corrected chi connectivity index (χ3v) is 14.1. The molecule has 0 atom stereocenters. The van der Waals surface area contributed by atoms with Gasteiger partial charge in [-0.2, -0.15) is 0 Å². The molecule has 0 radical (unpaired) electrons. The molecule has 4 bridgehead atoms. The van der Waals surface area contributed by atoms with Gasteiger partial charge in [-0.25, -0.2) is 0 Å². The molecule has 0 aliphatic heterocycles. The molecule has 2 nitrogen and oxygen atoms in total. The van der Waals surface area contributed by atoms with Crippen LogP contribution < -0.4 is 4.90 Å². The number of hydrogen-bond acceptors (Lipinski definition) is 1. The second kappa shape index (κ2) is 13.4. The molecular weight excluding hydrogens is 701 g/mol. The number of benzene rings is 8. The van der Waals surface area contributed by atoms with Crippen LogP contribution in [0.1, 0.15) is 44.1 Å². The van der Waals surface area contributed by atoms with Crippen molar-refractivity contribution in [3.05, 3.63) is 194 Å². The first-order chi connectivity index (χ1) is 28.7. The number of nitrogens with zero attached hydrogens (tertiary/aromatic N) is 2. The zero-order valence-electron chi connectivity index (χ0n) is 32.8. The molecule has 280 valence electrons. The van der Waals surface area contributed by atoms with E-state index in [4.69, 9.17) is 0 Å². The highest BCUT2D eigenvalue weighted by Crippen LogP contribution is 2.61. The molecule has 4 aliphatic rings. The fourth-order valence-electron chi connectivity index (χ4n) is 12.0. The van der Waals surface area contributed by atoms with Crippen LogP contribution in [0.3, 0.4) is 0 Å². The van der Waals surface area contributed by atoms with Gasteiger partial charge in [-0.05, 0) is 161 Å². The van der Waals surface area contributed by atoms with Crippen LogP contribution >= 0.6 is 0 Å². The molecule has 1 heterocycles. The molecule has 0 amide bonds. The first-order valence-corrected chi connectivity index (χ1v) is 21.3. The van der Waals surface area contributed by atoms with E-state index in [1.165, 1.54) is 116 Å². The zero-order chi connectivity index (χ0) is 38.2. The maximum atomic E-state index is 2.55. The molecule has 0 spiro atoms. The van der Waals surface area contributed by atoms with Gasteiger partial charge in [-0.1, -0.05) is 127 Å². The van der Waals surface area contributed by atoms with Gasteiger partial charge in [0.25, 0.3) is 0 Å². The third-order valence-electron chi connectivity index (χ3n) is 14.1. The summed E-state index contributed by atoms with van der Waals surface area (Å²) in [4.78, 5) is 2.47. The number of hydrogen-bond donors (Lipinski definition) is 0. The van der Waals surface area contributed by atoms with Gasteiger partial charge in [0.15, 0.2) is 0 Å². The van der Waals surface area contributed by atoms with Crippen LogP contribution in [0, 0.1) is 17.8 Å². The Kier molecular flexibility index (Phi) is 7.76. The Morgan fingerprint density at radius 1 is 0.414 bits per heavy atom. The lowest BCUT2D eigenvalue weighted by Crippen LogP contribution is -2.48. The lowest BCUT2D eigenvalue weighted by molar-refractivity contribution is -0.00516. The molecular formula is C56H46N2. The van der Waals surface area contributed by atoms with E-state index in [1.807, 2.05) is 0 Å². The lowest BCUT2D eigenvalue weighted by Gasteiger charge is -2.57. The van der Waals surface area contributed by atoms with E-state index in [-0.39, 0.29) is 0 Å². The number of para-hydroxylation sites is 1. The Morgan fingerprint density at radius 2 is 1.00 bits per heavy atom. The Hall–Kier alpha value is -6.38. The van der Waals surface area contributed by atoms with Gasteiger partial charge in [-0.15, -0.1) is 0 Å². The first-order valence-electron chi connectivity index (χ1n) is 21.3. The monoisotopic (exact) mass is 746 g/mol. The highest BCUT2D eigenvalue weighted by atomic mass is 15.1. The van der Waals surface area contributed by atoms with Crippen molar-refractivity contribution in [2.45, 2.75) is 43.9 Å². The summed E-state index contributed by atoms with van der Waals surface area (Å²) in [5, 5.41) is 5.16. The van der Waals surface area contributed by atoms with Crippen LogP contribution in [0.4, 0.5) is 17.1 Å². The van der Waals surface area contributed by atoms with E-state index in [1.54, 1.807) is 5.56 Å². The second-order valence-corrected chi connectivity index (χ2v) is 17.6. The molecule has 2 heteroatoms. The van der Waals surface area contributed by atoms with Crippen molar-refractivity contribution < 1.29 is 0 Å². The van der Waals surface area contributed by atoms with Crippen LogP contribution in [-0.2, 0) is 5.41 Å². The van der Waals surface area contributed by atoms with Crippen molar-refractivity contribution in [3.8, 4) is 27.9 Å². The normalized spacial score (nSPS) is 20.9. The predicted molar refractivity (Wildman–Crippen MR) is 244 cm³/mol. The van der Waals surface area contributed by atoms with Gasteiger partial charge in [0.1, 0.15) is 0 Å². The molecule has 0 N–H and O–H groups in total. The van der Waals surface area contributed by atoms with E-state index in [9.17, 15) is 0 Å². The lowest BCUT2D eigenvalue weighted by atomic mass is 9.48. The predicted octanol–water partition coefficient (Wildman–Crippen LogP) is 15.2. The fraction of sp³-hybridized carbons (Fsp3) is 0.179. The van der Waals surface area contributed by atoms with Crippen LogP contribution in [0.5, 0.6) is 0 Å². The average Bonchev–Trinajstić information content (AvgIpc) is 3.62. The van der Waals surface area contributed by atoms with Gasteiger partial charge in [0, 0.05) is 33.5 Å². The van der Waals surface area contributed by atoms with Crippen LogP contribution in [0.25, 0.3) is 60.5 Å². The minimum Gasteiger partial charge on any atom is -0.310 e. The van der Waals surface area contributed by atoms with Gasteiger partial charge in [0.05, 0.1) is 11.0 Å². The summed E-state index contributed by atoms with van der Waals surface area (Å²) in [6.45, 7) is 0. The van der Waals surface area contributed by atoms with Crippen LogP contribution in [0.15, 0.2) is 188 Å². The average molecular weight is 747 g/mol. The summed E-state index contributed by atoms with van der Waals surface area (Å²) in [5.74, 6) is 2.74. The van der Waals surface area contributed by atoms with Crippen molar-refractivity contribution in [2.75, 3.05) is 4.90 Å². The zero-order valence-corrected chi connectivity index (χ0v) is 32.8. The Bertz CT molecular complexity index is 2940. The summed E-state index contributed by atoms with van der Waals surface area (Å²) in [6, 6.07) is 69.9. The highest BCUT2D eigenvalue weighted by molar-refractivity contribution is 6.21. The SMILES string of the molecule is c1ccc(-c2ccc(N(c3ccc(-c4cccc(-n5c6ccccc6c6c7ccccc7ccc65)c4)cc3)c3cccc(C45CC6CC(CC(C6)C4)C5)c3)cc2)cc1. The molecule has 8 aromatic carbocycles. The van der Waals surface area contributed by atoms with Crippen molar-refractivity contribution in [3.63, 3.8) is 0 Å². The summed E-state index contributed by atoms with van der Waals surface area (Å²) in [6.07, 6.45) is 8.49. The standard InChI is InChI=1S/C56H46N2/c1-2-10-41(11-3-1)42-20-25-47(26-21-42)57(50-16-9-14-46(34-50)56-35-38-30-39(36-56)32-40(31-38)37-56)48-27-22-43(23-28-48)45-13-8-15-49(33-45)58-53-19-7-6-18-52(53)55-51-17-5-4-12-44(51)24-29-54(55)58/h1-29,33-34,38-40H,30-32,35-37H2. The van der Waals surface area contributed by atoms with Gasteiger partial charge < -0.3 is 9.47 Å². The second-order valence-electron chi connectivity index (χ2n) is 17.6. The smallest absolute Gasteiger partial charge is 0.0547 e. The molecule has 9 aromatic rings. The van der Waals surface area contributed by atoms with E-state index >= 15 is 0 Å². The molecule has 0 unspecified atom stereocenters. The van der Waals surface area contributed by atoms with Crippen molar-refractivity contribution in [2.24, 2.45) is 17.8 Å². The molecule has 4 aliphatic carbocycles. The largest absolute Gasteiger partial charge is 0.310 e. The first kappa shape index (κ1) is 33.7. The van der Waals surface area contributed by atoms with Crippen molar-refractivity contribution in [1.82, 2.24) is 4.57 Å². The molecule has 4 saturated carbocycles. The molecule has 58 heavy (non-hydrogen) atoms. The Balaban J connectivity index is 0.935. The van der Waals surface area contributed by atoms with E-state index in [2.05, 4.69) is 198 Å². The Labute approximate surface area is 341 Å². The summed E-state index contributed by atoms with van der Waals surface area (Å²) in [7, 11) is 0. The topological polar surface area (TPSA) is 8.17 Å². The van der Waals surface area contributed by atoms with E-state index < -0.39 is 0 Å². The highest BCUT2D eigenvalue weighted by Gasteiger charge is 2.51. The fourth-order valence-corrected chi connectivity index (χ4v) is 12.0. The maximum absolute atomic E-state index is 2.55. The van der Waals surface area contributed by atoms with E-state index in [0.29, 0.717) is 5.41 Å². The Morgan fingerprint density at radius 3 is 1.72 bits per heavy atom. The number of fused-ring (bicyclic) bond motifs is 5. The van der Waals surface area contributed by atoms with Crippen LogP contribution in [-0.4, -0.2) is 4.57 Å². The van der Waals surface area contributed by atoms with Gasteiger partial charge in [-0.3, -0.25) is 0 Å².